The number of morpholine rings is 1. The first-order valence-electron chi connectivity index (χ1n) is 4.98. The van der Waals surface area contributed by atoms with Crippen molar-refractivity contribution < 1.29 is 9.47 Å². The Balaban J connectivity index is 2.18. The van der Waals surface area contributed by atoms with Crippen LogP contribution in [0.3, 0.4) is 0 Å². The number of hydrogen-bond acceptors (Lipinski definition) is 3. The average molecular weight is 187 g/mol. The van der Waals surface area contributed by atoms with Gasteiger partial charge in [-0.1, -0.05) is 0 Å². The first-order valence-corrected chi connectivity index (χ1v) is 4.98. The van der Waals surface area contributed by atoms with Crippen molar-refractivity contribution in [1.82, 2.24) is 5.32 Å². The van der Waals surface area contributed by atoms with Gasteiger partial charge >= 0.3 is 0 Å². The van der Waals surface area contributed by atoms with Crippen LogP contribution in [0.4, 0.5) is 0 Å². The third kappa shape index (κ3) is 4.07. The zero-order chi connectivity index (χ0) is 9.90. The first kappa shape index (κ1) is 11.0. The van der Waals surface area contributed by atoms with Crippen molar-refractivity contribution in [2.45, 2.75) is 45.4 Å². The molecule has 0 radical (unpaired) electrons. The molecule has 13 heavy (non-hydrogen) atoms. The highest BCUT2D eigenvalue weighted by atomic mass is 16.5. The predicted octanol–water partition coefficient (Wildman–Crippen LogP) is 1.18. The third-order valence-corrected chi connectivity index (χ3v) is 2.10. The quantitative estimate of drug-likeness (QED) is 0.719. The van der Waals surface area contributed by atoms with E-state index in [1.807, 2.05) is 13.8 Å². The summed E-state index contributed by atoms with van der Waals surface area (Å²) in [4.78, 5) is 0. The van der Waals surface area contributed by atoms with E-state index in [9.17, 15) is 0 Å². The van der Waals surface area contributed by atoms with E-state index in [0.29, 0.717) is 12.7 Å². The van der Waals surface area contributed by atoms with Crippen molar-refractivity contribution in [2.75, 3.05) is 19.8 Å². The molecule has 1 heterocycles. The maximum atomic E-state index is 5.66. The van der Waals surface area contributed by atoms with Gasteiger partial charge in [-0.15, -0.1) is 0 Å². The highest BCUT2D eigenvalue weighted by Crippen LogP contribution is 2.11. The Labute approximate surface area is 80.8 Å². The molecule has 1 N–H and O–H groups in total. The first-order chi connectivity index (χ1) is 5.99. The molecule has 1 rings (SSSR count). The van der Waals surface area contributed by atoms with E-state index in [2.05, 4.69) is 19.2 Å². The molecule has 0 amide bonds. The van der Waals surface area contributed by atoms with E-state index in [1.54, 1.807) is 0 Å². The molecule has 1 unspecified atom stereocenters. The molecule has 1 atom stereocenters. The fraction of sp³-hybridized carbons (Fsp3) is 1.00. The topological polar surface area (TPSA) is 30.5 Å². The summed E-state index contributed by atoms with van der Waals surface area (Å²) in [7, 11) is 0. The summed E-state index contributed by atoms with van der Waals surface area (Å²) in [6.45, 7) is 10.7. The molecular weight excluding hydrogens is 166 g/mol. The van der Waals surface area contributed by atoms with Crippen LogP contribution in [0.25, 0.3) is 0 Å². The second kappa shape index (κ2) is 4.40. The lowest BCUT2D eigenvalue weighted by atomic mass is 10.1. The summed E-state index contributed by atoms with van der Waals surface area (Å²) in [5.41, 5.74) is 0.119. The molecule has 0 aromatic rings. The van der Waals surface area contributed by atoms with Crippen molar-refractivity contribution in [3.63, 3.8) is 0 Å². The Morgan fingerprint density at radius 2 is 2.23 bits per heavy atom. The summed E-state index contributed by atoms with van der Waals surface area (Å²) in [6.07, 6.45) is 0.508. The Kier molecular flexibility index (Phi) is 3.71. The fourth-order valence-electron chi connectivity index (χ4n) is 1.23. The van der Waals surface area contributed by atoms with E-state index < -0.39 is 0 Å². The maximum Gasteiger partial charge on any atom is 0.0933 e. The number of ether oxygens (including phenoxy) is 2. The molecule has 0 aliphatic carbocycles. The van der Waals surface area contributed by atoms with Gasteiger partial charge in [-0.2, -0.15) is 0 Å². The summed E-state index contributed by atoms with van der Waals surface area (Å²) in [6, 6.07) is 0. The van der Waals surface area contributed by atoms with Crippen LogP contribution in [0.2, 0.25) is 0 Å². The molecule has 3 heteroatoms. The van der Waals surface area contributed by atoms with Crippen molar-refractivity contribution in [1.29, 1.82) is 0 Å². The zero-order valence-electron chi connectivity index (χ0n) is 9.09. The van der Waals surface area contributed by atoms with Gasteiger partial charge in [0.2, 0.25) is 0 Å². The zero-order valence-corrected chi connectivity index (χ0v) is 9.09. The molecule has 0 aromatic carbocycles. The van der Waals surface area contributed by atoms with E-state index in [4.69, 9.17) is 9.47 Å². The number of nitrogens with one attached hydrogen (secondary N) is 1. The van der Waals surface area contributed by atoms with Gasteiger partial charge in [0.15, 0.2) is 0 Å². The molecule has 1 aliphatic heterocycles. The minimum Gasteiger partial charge on any atom is -0.376 e. The van der Waals surface area contributed by atoms with Crippen LogP contribution in [-0.4, -0.2) is 37.5 Å². The van der Waals surface area contributed by atoms with Gasteiger partial charge in [-0.3, -0.25) is 0 Å². The van der Waals surface area contributed by atoms with Crippen molar-refractivity contribution in [3.8, 4) is 0 Å². The normalized spacial score (nSPS) is 27.9. The van der Waals surface area contributed by atoms with Gasteiger partial charge < -0.3 is 14.8 Å². The summed E-state index contributed by atoms with van der Waals surface area (Å²) < 4.78 is 11.1. The van der Waals surface area contributed by atoms with Crippen LogP contribution in [-0.2, 0) is 9.47 Å². The lowest BCUT2D eigenvalue weighted by Crippen LogP contribution is -2.54. The fourth-order valence-corrected chi connectivity index (χ4v) is 1.23. The van der Waals surface area contributed by atoms with Gasteiger partial charge in [-0.25, -0.2) is 0 Å². The summed E-state index contributed by atoms with van der Waals surface area (Å²) in [5, 5.41) is 3.43. The molecule has 0 spiro atoms. The van der Waals surface area contributed by atoms with Crippen molar-refractivity contribution in [3.05, 3.63) is 0 Å². The lowest BCUT2D eigenvalue weighted by molar-refractivity contribution is -0.0739. The molecule has 1 aliphatic rings. The largest absolute Gasteiger partial charge is 0.376 e. The van der Waals surface area contributed by atoms with Crippen LogP contribution in [0.1, 0.15) is 27.7 Å². The van der Waals surface area contributed by atoms with Gasteiger partial charge in [0.05, 0.1) is 25.4 Å². The molecule has 1 fully saturated rings. The summed E-state index contributed by atoms with van der Waals surface area (Å²) in [5.74, 6) is 0. The van der Waals surface area contributed by atoms with E-state index in [1.165, 1.54) is 0 Å². The Morgan fingerprint density at radius 3 is 2.69 bits per heavy atom. The molecule has 0 saturated carbocycles. The molecule has 0 bridgehead atoms. The van der Waals surface area contributed by atoms with Crippen LogP contribution in [0.5, 0.6) is 0 Å². The van der Waals surface area contributed by atoms with Gasteiger partial charge in [-0.05, 0) is 27.7 Å². The predicted molar refractivity (Wildman–Crippen MR) is 52.9 cm³/mol. The molecular formula is C10H21NO2. The maximum absolute atomic E-state index is 5.66. The monoisotopic (exact) mass is 187 g/mol. The number of rotatable bonds is 3. The SMILES string of the molecule is CC(C)OCC1CNC(C)(C)CO1. The van der Waals surface area contributed by atoms with E-state index in [-0.39, 0.29) is 11.6 Å². The van der Waals surface area contributed by atoms with Crippen LogP contribution >= 0.6 is 0 Å². The van der Waals surface area contributed by atoms with E-state index in [0.717, 1.165) is 13.2 Å². The Bertz CT molecular complexity index is 144. The van der Waals surface area contributed by atoms with Gasteiger partial charge in [0.1, 0.15) is 0 Å². The number of hydrogen-bond donors (Lipinski definition) is 1. The van der Waals surface area contributed by atoms with Crippen molar-refractivity contribution in [2.24, 2.45) is 0 Å². The second-order valence-electron chi connectivity index (χ2n) is 4.58. The highest BCUT2D eigenvalue weighted by Gasteiger charge is 2.26. The minimum absolute atomic E-state index is 0.119. The van der Waals surface area contributed by atoms with Crippen LogP contribution in [0, 0.1) is 0 Å². The second-order valence-corrected chi connectivity index (χ2v) is 4.58. The highest BCUT2D eigenvalue weighted by molar-refractivity contribution is 4.83. The van der Waals surface area contributed by atoms with Crippen LogP contribution < -0.4 is 5.32 Å². The van der Waals surface area contributed by atoms with Crippen molar-refractivity contribution >= 4 is 0 Å². The molecule has 78 valence electrons. The van der Waals surface area contributed by atoms with Crippen LogP contribution in [0.15, 0.2) is 0 Å². The summed E-state index contributed by atoms with van der Waals surface area (Å²) >= 11 is 0. The van der Waals surface area contributed by atoms with Gasteiger partial charge in [0.25, 0.3) is 0 Å². The smallest absolute Gasteiger partial charge is 0.0933 e. The third-order valence-electron chi connectivity index (χ3n) is 2.10. The Hall–Kier alpha value is -0.120. The minimum atomic E-state index is 0.119. The van der Waals surface area contributed by atoms with E-state index >= 15 is 0 Å². The lowest BCUT2D eigenvalue weighted by Gasteiger charge is -2.36. The standard InChI is InChI=1S/C10H21NO2/c1-8(2)12-6-9-5-11-10(3,4)7-13-9/h8-9,11H,5-7H2,1-4H3. The molecule has 0 aromatic heterocycles. The Morgan fingerprint density at radius 1 is 1.54 bits per heavy atom. The molecule has 1 saturated heterocycles. The van der Waals surface area contributed by atoms with Gasteiger partial charge in [0, 0.05) is 12.1 Å². The molecule has 3 nitrogen and oxygen atoms in total. The average Bonchev–Trinajstić information content (AvgIpc) is 2.02.